The fourth-order valence-corrected chi connectivity index (χ4v) is 5.16. The highest BCUT2D eigenvalue weighted by atomic mass is 16.5. The monoisotopic (exact) mass is 435 g/mol. The van der Waals surface area contributed by atoms with Crippen molar-refractivity contribution in [3.05, 3.63) is 52.0 Å². The Hall–Kier alpha value is -2.65. The zero-order valence-corrected chi connectivity index (χ0v) is 18.4. The average Bonchev–Trinajstić information content (AvgIpc) is 3.46. The van der Waals surface area contributed by atoms with Crippen LogP contribution in [0, 0.1) is 5.92 Å². The number of rotatable bonds is 5. The number of aromatic amines is 1. The quantitative estimate of drug-likeness (QED) is 0.656. The summed E-state index contributed by atoms with van der Waals surface area (Å²) in [5.41, 5.74) is 1.66. The van der Waals surface area contributed by atoms with Crippen molar-refractivity contribution >= 4 is 5.52 Å². The third-order valence-corrected chi connectivity index (χ3v) is 7.21. The summed E-state index contributed by atoms with van der Waals surface area (Å²) in [7, 11) is 0. The van der Waals surface area contributed by atoms with Crippen LogP contribution in [-0.4, -0.2) is 60.8 Å². The fourth-order valence-electron chi connectivity index (χ4n) is 5.16. The Kier molecular flexibility index (Phi) is 5.02. The van der Waals surface area contributed by atoms with Gasteiger partial charge in [-0.25, -0.2) is 19.5 Å². The summed E-state index contributed by atoms with van der Waals surface area (Å²) in [6, 6.07) is 0. The highest BCUT2D eigenvalue weighted by Crippen LogP contribution is 2.39. The number of imidazole rings is 1. The summed E-state index contributed by atoms with van der Waals surface area (Å²) in [4.78, 5) is 31.9. The van der Waals surface area contributed by atoms with Gasteiger partial charge in [0.05, 0.1) is 12.7 Å². The van der Waals surface area contributed by atoms with E-state index in [9.17, 15) is 4.79 Å². The van der Waals surface area contributed by atoms with Crippen LogP contribution in [-0.2, 0) is 11.3 Å². The van der Waals surface area contributed by atoms with Gasteiger partial charge in [-0.3, -0.25) is 9.69 Å². The van der Waals surface area contributed by atoms with Crippen LogP contribution in [0.1, 0.15) is 73.4 Å². The number of H-pyrrole nitrogens is 1. The van der Waals surface area contributed by atoms with E-state index in [0.29, 0.717) is 17.4 Å². The predicted octanol–water partition coefficient (Wildman–Crippen LogP) is 2.21. The Labute approximate surface area is 186 Å². The third kappa shape index (κ3) is 3.73. The van der Waals surface area contributed by atoms with Crippen LogP contribution >= 0.6 is 0 Å². The molecule has 1 saturated carbocycles. The van der Waals surface area contributed by atoms with Gasteiger partial charge in [0, 0.05) is 50.5 Å². The molecule has 9 heteroatoms. The Morgan fingerprint density at radius 2 is 1.81 bits per heavy atom. The number of aromatic nitrogens is 6. The van der Waals surface area contributed by atoms with Gasteiger partial charge in [0.1, 0.15) is 17.5 Å². The average molecular weight is 436 g/mol. The lowest BCUT2D eigenvalue weighted by atomic mass is 9.97. The Balaban J connectivity index is 1.22. The first-order valence-electron chi connectivity index (χ1n) is 11.7. The molecule has 0 bridgehead atoms. The van der Waals surface area contributed by atoms with Crippen molar-refractivity contribution < 1.29 is 4.74 Å². The zero-order chi connectivity index (χ0) is 21.7. The molecule has 3 aromatic heterocycles. The molecule has 3 aromatic rings. The molecule has 0 amide bonds. The van der Waals surface area contributed by atoms with Crippen molar-refractivity contribution in [1.29, 1.82) is 0 Å². The molecule has 5 heterocycles. The van der Waals surface area contributed by atoms with Gasteiger partial charge in [-0.15, -0.1) is 0 Å². The van der Waals surface area contributed by atoms with Crippen LogP contribution in [0.15, 0.2) is 23.4 Å². The smallest absolute Gasteiger partial charge is 0.276 e. The van der Waals surface area contributed by atoms with Crippen molar-refractivity contribution in [2.75, 3.05) is 26.3 Å². The summed E-state index contributed by atoms with van der Waals surface area (Å²) in [5, 5.41) is 4.88. The largest absolute Gasteiger partial charge is 0.381 e. The molecule has 32 heavy (non-hydrogen) atoms. The van der Waals surface area contributed by atoms with E-state index in [1.807, 2.05) is 12.4 Å². The number of likely N-dealkylation sites (tertiary alicyclic amines) is 1. The fraction of sp³-hybridized carbons (Fsp3) is 0.609. The minimum atomic E-state index is -0.120. The molecule has 3 fully saturated rings. The molecular formula is C23H29N7O2. The Bertz CT molecular complexity index is 1160. The van der Waals surface area contributed by atoms with Crippen LogP contribution in [0.4, 0.5) is 0 Å². The van der Waals surface area contributed by atoms with Crippen LogP contribution < -0.4 is 5.56 Å². The minimum Gasteiger partial charge on any atom is -0.381 e. The number of nitrogens with one attached hydrogen (secondary N) is 1. The molecule has 9 nitrogen and oxygen atoms in total. The normalized spacial score (nSPS) is 25.0. The lowest BCUT2D eigenvalue weighted by molar-refractivity contribution is 0.0832. The summed E-state index contributed by atoms with van der Waals surface area (Å²) >= 11 is 0. The van der Waals surface area contributed by atoms with Gasteiger partial charge < -0.3 is 9.72 Å². The first-order valence-corrected chi connectivity index (χ1v) is 11.7. The van der Waals surface area contributed by atoms with Gasteiger partial charge in [-0.05, 0) is 43.1 Å². The molecule has 0 spiro atoms. The van der Waals surface area contributed by atoms with E-state index in [2.05, 4.69) is 31.8 Å². The molecule has 2 atom stereocenters. The van der Waals surface area contributed by atoms with Gasteiger partial charge >= 0.3 is 0 Å². The second-order valence-corrected chi connectivity index (χ2v) is 9.62. The van der Waals surface area contributed by atoms with Gasteiger partial charge in [-0.2, -0.15) is 5.10 Å². The standard InChI is InChI=1S/C23H29N7O2/c1-14-11-29(13-20-24-8-17(9-25-20)15-2-3-15)12-18(14)21-27-23(31)19-10-26-22(30(19)28-21)16-4-6-32-7-5-16/h8-10,14-16,18H,2-7,11-13H2,1H3,(H,27,28,31). The van der Waals surface area contributed by atoms with Gasteiger partial charge in [-0.1, -0.05) is 6.92 Å². The number of ether oxygens (including phenoxy) is 1. The minimum absolute atomic E-state index is 0.120. The summed E-state index contributed by atoms with van der Waals surface area (Å²) in [5.74, 6) is 3.96. The topological polar surface area (TPSA) is 101 Å². The van der Waals surface area contributed by atoms with E-state index in [1.54, 1.807) is 10.7 Å². The van der Waals surface area contributed by atoms with E-state index in [-0.39, 0.29) is 17.4 Å². The molecule has 2 unspecified atom stereocenters. The number of hydrogen-bond donors (Lipinski definition) is 1. The molecule has 0 radical (unpaired) electrons. The molecule has 2 aliphatic heterocycles. The van der Waals surface area contributed by atoms with Crippen LogP contribution in [0.3, 0.4) is 0 Å². The van der Waals surface area contributed by atoms with E-state index in [0.717, 1.165) is 63.2 Å². The maximum Gasteiger partial charge on any atom is 0.276 e. The van der Waals surface area contributed by atoms with Gasteiger partial charge in [0.25, 0.3) is 5.56 Å². The molecule has 2 saturated heterocycles. The SMILES string of the molecule is CC1CN(Cc2ncc(C3CC3)cn2)CC1c1nn2c(C3CCOCC3)ncc2c(=O)[nH]1. The molecular weight excluding hydrogens is 406 g/mol. The Morgan fingerprint density at radius 1 is 1.03 bits per heavy atom. The highest BCUT2D eigenvalue weighted by molar-refractivity contribution is 5.42. The van der Waals surface area contributed by atoms with Crippen molar-refractivity contribution in [2.45, 2.75) is 56.9 Å². The van der Waals surface area contributed by atoms with Crippen molar-refractivity contribution in [2.24, 2.45) is 5.92 Å². The van der Waals surface area contributed by atoms with E-state index in [1.165, 1.54) is 18.4 Å². The summed E-state index contributed by atoms with van der Waals surface area (Å²) < 4.78 is 7.27. The van der Waals surface area contributed by atoms with E-state index in [4.69, 9.17) is 9.84 Å². The number of nitrogens with zero attached hydrogens (tertiary/aromatic N) is 6. The molecule has 3 aliphatic rings. The van der Waals surface area contributed by atoms with Gasteiger partial charge in [0.15, 0.2) is 5.52 Å². The van der Waals surface area contributed by atoms with Crippen molar-refractivity contribution in [3.63, 3.8) is 0 Å². The lowest BCUT2D eigenvalue weighted by Crippen LogP contribution is -2.24. The maximum atomic E-state index is 12.8. The lowest BCUT2D eigenvalue weighted by Gasteiger charge is -2.21. The van der Waals surface area contributed by atoms with Crippen LogP contribution in [0.5, 0.6) is 0 Å². The maximum absolute atomic E-state index is 12.8. The third-order valence-electron chi connectivity index (χ3n) is 7.21. The zero-order valence-electron chi connectivity index (χ0n) is 18.4. The second-order valence-electron chi connectivity index (χ2n) is 9.62. The summed E-state index contributed by atoms with van der Waals surface area (Å²) in [6.45, 7) is 6.15. The molecule has 168 valence electrons. The summed E-state index contributed by atoms with van der Waals surface area (Å²) in [6.07, 6.45) is 9.97. The molecule has 1 N–H and O–H groups in total. The van der Waals surface area contributed by atoms with Crippen LogP contribution in [0.2, 0.25) is 0 Å². The number of hydrogen-bond acceptors (Lipinski definition) is 7. The number of fused-ring (bicyclic) bond motifs is 1. The van der Waals surface area contributed by atoms with Crippen molar-refractivity contribution in [1.82, 2.24) is 34.4 Å². The van der Waals surface area contributed by atoms with E-state index >= 15 is 0 Å². The van der Waals surface area contributed by atoms with Crippen LogP contribution in [0.25, 0.3) is 5.52 Å². The molecule has 0 aromatic carbocycles. The van der Waals surface area contributed by atoms with Crippen molar-refractivity contribution in [3.8, 4) is 0 Å². The van der Waals surface area contributed by atoms with E-state index < -0.39 is 0 Å². The molecule has 6 rings (SSSR count). The Morgan fingerprint density at radius 3 is 2.56 bits per heavy atom. The second kappa shape index (κ2) is 8.04. The first kappa shape index (κ1) is 20.0. The first-order chi connectivity index (χ1) is 15.7. The highest BCUT2D eigenvalue weighted by Gasteiger charge is 2.34. The molecule has 1 aliphatic carbocycles. The predicted molar refractivity (Wildman–Crippen MR) is 118 cm³/mol. The van der Waals surface area contributed by atoms with Gasteiger partial charge in [0.2, 0.25) is 0 Å².